The van der Waals surface area contributed by atoms with Crippen LogP contribution >= 0.6 is 0 Å². The van der Waals surface area contributed by atoms with E-state index in [2.05, 4.69) is 21.8 Å². The summed E-state index contributed by atoms with van der Waals surface area (Å²) in [6.45, 7) is 4.87. The number of aromatic nitrogens is 2. The summed E-state index contributed by atoms with van der Waals surface area (Å²) < 4.78 is 6.05. The number of nitrogens with zero attached hydrogens (tertiary/aromatic N) is 3. The Balaban J connectivity index is 1.12. The van der Waals surface area contributed by atoms with Crippen molar-refractivity contribution in [3.8, 4) is 16.9 Å². The normalized spacial score (nSPS) is 21.6. The van der Waals surface area contributed by atoms with Gasteiger partial charge in [-0.05, 0) is 59.2 Å². The van der Waals surface area contributed by atoms with Gasteiger partial charge in [0.15, 0.2) is 0 Å². The molecule has 31 heavy (non-hydrogen) atoms. The van der Waals surface area contributed by atoms with E-state index in [0.717, 1.165) is 48.9 Å². The van der Waals surface area contributed by atoms with E-state index < -0.39 is 5.97 Å². The molecule has 0 radical (unpaired) electrons. The van der Waals surface area contributed by atoms with Crippen molar-refractivity contribution >= 4 is 11.9 Å². The number of benzene rings is 2. The van der Waals surface area contributed by atoms with Crippen molar-refractivity contribution in [1.82, 2.24) is 9.97 Å². The molecule has 1 N–H and O–H groups in total. The maximum atomic E-state index is 11.0. The second-order valence-electron chi connectivity index (χ2n) is 8.36. The highest BCUT2D eigenvalue weighted by atomic mass is 16.5. The van der Waals surface area contributed by atoms with E-state index in [-0.39, 0.29) is 0 Å². The van der Waals surface area contributed by atoms with Gasteiger partial charge in [0, 0.05) is 31.4 Å². The molecule has 0 amide bonds. The molecule has 158 valence electrons. The summed E-state index contributed by atoms with van der Waals surface area (Å²) in [5.74, 6) is 2.74. The smallest absolute Gasteiger partial charge is 0.335 e. The van der Waals surface area contributed by atoms with Gasteiger partial charge in [-0.1, -0.05) is 31.2 Å². The summed E-state index contributed by atoms with van der Waals surface area (Å²) in [6, 6.07) is 14.9. The van der Waals surface area contributed by atoms with Crippen LogP contribution in [0.25, 0.3) is 11.1 Å². The van der Waals surface area contributed by atoms with E-state index in [4.69, 9.17) is 9.84 Å². The Kier molecular flexibility index (Phi) is 5.06. The second-order valence-corrected chi connectivity index (χ2v) is 8.36. The Hall–Kier alpha value is -3.41. The Morgan fingerprint density at radius 2 is 1.58 bits per heavy atom. The largest absolute Gasteiger partial charge is 0.493 e. The number of rotatable bonds is 7. The van der Waals surface area contributed by atoms with E-state index in [1.54, 1.807) is 12.1 Å². The van der Waals surface area contributed by atoms with Gasteiger partial charge in [-0.2, -0.15) is 0 Å². The first kappa shape index (κ1) is 19.5. The average Bonchev–Trinajstić information content (AvgIpc) is 3.26. The maximum absolute atomic E-state index is 11.0. The third-order valence-electron chi connectivity index (χ3n) is 6.52. The summed E-state index contributed by atoms with van der Waals surface area (Å²) in [5.41, 5.74) is 3.49. The van der Waals surface area contributed by atoms with Gasteiger partial charge in [-0.3, -0.25) is 0 Å². The number of piperidine rings is 1. The lowest BCUT2D eigenvalue weighted by molar-refractivity contribution is 0.0697. The molecule has 2 fully saturated rings. The van der Waals surface area contributed by atoms with Crippen LogP contribution in [0, 0.1) is 17.8 Å². The Morgan fingerprint density at radius 1 is 1.00 bits per heavy atom. The summed E-state index contributed by atoms with van der Waals surface area (Å²) in [7, 11) is 0. The van der Waals surface area contributed by atoms with E-state index in [1.807, 2.05) is 48.8 Å². The SMILES string of the molecule is CCc1cnc(N2C[C@@H]3[C@@H](COc4ccc(-c5ccc(C(=O)O)cc5)cc4)[C@@H]3C2)nc1. The van der Waals surface area contributed by atoms with Crippen molar-refractivity contribution in [2.45, 2.75) is 13.3 Å². The standard InChI is InChI=1S/C25H25N3O3/c1-2-16-11-26-25(27-12-16)28-13-21-22(14-28)23(21)15-31-20-9-7-18(8-10-20)17-3-5-19(6-4-17)24(29)30/h3-12,21-23H,2,13-15H2,1H3,(H,29,30)/t21-,22+,23+. The van der Waals surface area contributed by atoms with Gasteiger partial charge < -0.3 is 14.7 Å². The molecule has 6 nitrogen and oxygen atoms in total. The first-order valence-electron chi connectivity index (χ1n) is 10.7. The third-order valence-corrected chi connectivity index (χ3v) is 6.52. The number of aromatic carboxylic acids is 1. The van der Waals surface area contributed by atoms with Crippen molar-refractivity contribution in [3.05, 3.63) is 72.1 Å². The Labute approximate surface area is 181 Å². The van der Waals surface area contributed by atoms with Crippen molar-refractivity contribution in [1.29, 1.82) is 0 Å². The molecule has 1 saturated heterocycles. The zero-order valence-electron chi connectivity index (χ0n) is 17.4. The lowest BCUT2D eigenvalue weighted by Gasteiger charge is -2.19. The van der Waals surface area contributed by atoms with Crippen LogP contribution in [0.3, 0.4) is 0 Å². The number of carboxylic acids is 1. The topological polar surface area (TPSA) is 75.6 Å². The first-order chi connectivity index (χ1) is 15.1. The molecule has 2 aromatic carbocycles. The highest BCUT2D eigenvalue weighted by Crippen LogP contribution is 2.52. The third kappa shape index (κ3) is 3.98. The van der Waals surface area contributed by atoms with Gasteiger partial charge in [0.05, 0.1) is 12.2 Å². The molecular weight excluding hydrogens is 390 g/mol. The summed E-state index contributed by atoms with van der Waals surface area (Å²) in [5, 5.41) is 9.02. The number of fused-ring (bicyclic) bond motifs is 1. The van der Waals surface area contributed by atoms with Gasteiger partial charge in [0.25, 0.3) is 0 Å². The van der Waals surface area contributed by atoms with Gasteiger partial charge in [-0.15, -0.1) is 0 Å². The monoisotopic (exact) mass is 415 g/mol. The van der Waals surface area contributed by atoms with Crippen LogP contribution in [0.5, 0.6) is 5.75 Å². The fraction of sp³-hybridized carbons (Fsp3) is 0.320. The molecule has 5 rings (SSSR count). The Bertz CT molecular complexity index is 1050. The van der Waals surface area contributed by atoms with E-state index >= 15 is 0 Å². The minimum atomic E-state index is -0.912. The van der Waals surface area contributed by atoms with E-state index in [0.29, 0.717) is 23.3 Å². The number of hydrogen-bond acceptors (Lipinski definition) is 5. The molecule has 3 atom stereocenters. The summed E-state index contributed by atoms with van der Waals surface area (Å²) in [4.78, 5) is 22.3. The van der Waals surface area contributed by atoms with Crippen LogP contribution in [0.1, 0.15) is 22.8 Å². The summed E-state index contributed by atoms with van der Waals surface area (Å²) in [6.07, 6.45) is 4.82. The fourth-order valence-electron chi connectivity index (χ4n) is 4.50. The van der Waals surface area contributed by atoms with Crippen LogP contribution in [0.2, 0.25) is 0 Å². The van der Waals surface area contributed by atoms with Crippen LogP contribution < -0.4 is 9.64 Å². The zero-order valence-corrected chi connectivity index (χ0v) is 17.4. The highest BCUT2D eigenvalue weighted by molar-refractivity contribution is 5.88. The lowest BCUT2D eigenvalue weighted by Crippen LogP contribution is -2.27. The quantitative estimate of drug-likeness (QED) is 0.624. The van der Waals surface area contributed by atoms with Crippen molar-refractivity contribution in [2.75, 3.05) is 24.6 Å². The molecule has 2 aliphatic rings. The van der Waals surface area contributed by atoms with Crippen LogP contribution in [0.4, 0.5) is 5.95 Å². The first-order valence-corrected chi connectivity index (χ1v) is 10.7. The van der Waals surface area contributed by atoms with Crippen molar-refractivity contribution in [2.24, 2.45) is 17.8 Å². The molecule has 0 unspecified atom stereocenters. The number of carbonyl (C=O) groups is 1. The molecule has 1 saturated carbocycles. The average molecular weight is 415 g/mol. The van der Waals surface area contributed by atoms with Crippen LogP contribution in [0.15, 0.2) is 60.9 Å². The molecular formula is C25H25N3O3. The Morgan fingerprint density at radius 3 is 2.13 bits per heavy atom. The molecule has 2 heterocycles. The van der Waals surface area contributed by atoms with Crippen LogP contribution in [-0.2, 0) is 6.42 Å². The second kappa shape index (κ2) is 8.02. The van der Waals surface area contributed by atoms with Gasteiger partial charge in [0.1, 0.15) is 5.75 Å². The number of aryl methyl sites for hydroxylation is 1. The van der Waals surface area contributed by atoms with Gasteiger partial charge in [-0.25, -0.2) is 14.8 Å². The molecule has 1 aliphatic carbocycles. The zero-order chi connectivity index (χ0) is 21.4. The molecule has 3 aromatic rings. The molecule has 0 bridgehead atoms. The number of anilines is 1. The predicted octanol–water partition coefficient (Wildman–Crippen LogP) is 4.17. The van der Waals surface area contributed by atoms with Crippen LogP contribution in [-0.4, -0.2) is 40.7 Å². The predicted molar refractivity (Wildman–Crippen MR) is 118 cm³/mol. The highest BCUT2D eigenvalue weighted by Gasteiger charge is 2.56. The maximum Gasteiger partial charge on any atom is 0.335 e. The summed E-state index contributed by atoms with van der Waals surface area (Å²) >= 11 is 0. The van der Waals surface area contributed by atoms with Crippen molar-refractivity contribution < 1.29 is 14.6 Å². The lowest BCUT2D eigenvalue weighted by atomic mass is 10.0. The minimum Gasteiger partial charge on any atom is -0.493 e. The molecule has 6 heteroatoms. The number of ether oxygens (including phenoxy) is 1. The molecule has 1 aromatic heterocycles. The van der Waals surface area contributed by atoms with Gasteiger partial charge in [0.2, 0.25) is 5.95 Å². The van der Waals surface area contributed by atoms with E-state index in [9.17, 15) is 4.79 Å². The number of carboxylic acid groups (broad SMARTS) is 1. The van der Waals surface area contributed by atoms with Crippen molar-refractivity contribution in [3.63, 3.8) is 0 Å². The fourth-order valence-corrected chi connectivity index (χ4v) is 4.50. The van der Waals surface area contributed by atoms with E-state index in [1.165, 1.54) is 5.56 Å². The molecule has 0 spiro atoms. The number of hydrogen-bond donors (Lipinski definition) is 1. The van der Waals surface area contributed by atoms with Gasteiger partial charge >= 0.3 is 5.97 Å². The molecule has 1 aliphatic heterocycles. The minimum absolute atomic E-state index is 0.293.